The minimum absolute atomic E-state index is 0.0219. The van der Waals surface area contributed by atoms with E-state index in [2.05, 4.69) is 16.0 Å². The minimum Gasteiger partial charge on any atom is -0.326 e. The molecule has 0 aromatic heterocycles. The van der Waals surface area contributed by atoms with Gasteiger partial charge in [0, 0.05) is 35.2 Å². The molecule has 5 rings (SSSR count). The molecule has 1 saturated heterocycles. The summed E-state index contributed by atoms with van der Waals surface area (Å²) in [4.78, 5) is 65.0. The van der Waals surface area contributed by atoms with Gasteiger partial charge in [-0.15, -0.1) is 11.8 Å². The summed E-state index contributed by atoms with van der Waals surface area (Å²) in [6, 6.07) is 27.1. The fraction of sp³-hybridized carbons (Fsp3) is 0.0882. The van der Waals surface area contributed by atoms with Crippen LogP contribution in [0.5, 0.6) is 0 Å². The quantitative estimate of drug-likeness (QED) is 0.165. The lowest BCUT2D eigenvalue weighted by atomic mass is 10.1. The van der Waals surface area contributed by atoms with E-state index in [-0.39, 0.29) is 29.8 Å². The molecule has 226 valence electrons. The zero-order valence-corrected chi connectivity index (χ0v) is 24.8. The van der Waals surface area contributed by atoms with Crippen LogP contribution in [0.2, 0.25) is 0 Å². The second-order valence-electron chi connectivity index (χ2n) is 10.0. The molecule has 0 spiro atoms. The van der Waals surface area contributed by atoms with Gasteiger partial charge in [-0.3, -0.25) is 24.0 Å². The molecule has 1 fully saturated rings. The van der Waals surface area contributed by atoms with Crippen molar-refractivity contribution in [1.29, 1.82) is 0 Å². The van der Waals surface area contributed by atoms with E-state index < -0.39 is 22.9 Å². The number of carbonyl (C=O) groups is 5. The van der Waals surface area contributed by atoms with Gasteiger partial charge in [0.2, 0.25) is 17.7 Å². The molecule has 1 aliphatic heterocycles. The Morgan fingerprint density at radius 1 is 0.822 bits per heavy atom. The molecule has 1 heterocycles. The first kappa shape index (κ1) is 30.9. The maximum Gasteiger partial charge on any atom is 0.272 e. The van der Waals surface area contributed by atoms with Crippen molar-refractivity contribution in [3.05, 3.63) is 126 Å². The highest BCUT2D eigenvalue weighted by molar-refractivity contribution is 8.00. The van der Waals surface area contributed by atoms with Crippen LogP contribution in [-0.4, -0.2) is 34.8 Å². The van der Waals surface area contributed by atoms with Crippen molar-refractivity contribution in [3.63, 3.8) is 0 Å². The molecule has 11 heteroatoms. The number of halogens is 1. The molecule has 4 aromatic carbocycles. The van der Waals surface area contributed by atoms with E-state index in [0.29, 0.717) is 33.1 Å². The predicted molar refractivity (Wildman–Crippen MR) is 171 cm³/mol. The summed E-state index contributed by atoms with van der Waals surface area (Å²) >= 11 is 1.24. The van der Waals surface area contributed by atoms with E-state index in [9.17, 15) is 28.4 Å². The monoisotopic (exact) mass is 622 g/mol. The Bertz CT molecular complexity index is 1780. The fourth-order valence-corrected chi connectivity index (χ4v) is 5.57. The van der Waals surface area contributed by atoms with Crippen molar-refractivity contribution in [2.24, 2.45) is 0 Å². The second kappa shape index (κ2) is 13.8. The van der Waals surface area contributed by atoms with Gasteiger partial charge in [0.25, 0.3) is 11.8 Å². The Kier molecular flexibility index (Phi) is 9.49. The highest BCUT2D eigenvalue weighted by Crippen LogP contribution is 2.34. The van der Waals surface area contributed by atoms with Crippen LogP contribution in [0, 0.1) is 5.82 Å². The number of rotatable bonds is 9. The van der Waals surface area contributed by atoms with Crippen molar-refractivity contribution >= 4 is 64.4 Å². The van der Waals surface area contributed by atoms with Crippen LogP contribution in [0.1, 0.15) is 29.3 Å². The number of thioether (sulfide) groups is 1. The van der Waals surface area contributed by atoms with E-state index in [1.807, 2.05) is 0 Å². The van der Waals surface area contributed by atoms with Gasteiger partial charge in [0.15, 0.2) is 0 Å². The van der Waals surface area contributed by atoms with Crippen LogP contribution < -0.4 is 20.9 Å². The molecular weight excluding hydrogens is 595 g/mol. The summed E-state index contributed by atoms with van der Waals surface area (Å²) in [5, 5.41) is 7.40. The summed E-state index contributed by atoms with van der Waals surface area (Å²) < 4.78 is 13.4. The number of imide groups is 1. The van der Waals surface area contributed by atoms with Crippen LogP contribution >= 0.6 is 11.8 Å². The van der Waals surface area contributed by atoms with Gasteiger partial charge in [-0.05, 0) is 84.4 Å². The molecule has 1 aliphatic rings. The lowest BCUT2D eigenvalue weighted by molar-refractivity contribution is -0.121. The number of anilines is 3. The number of amides is 5. The Morgan fingerprint density at radius 3 is 2.09 bits per heavy atom. The highest BCUT2D eigenvalue weighted by atomic mass is 32.2. The number of carbonyl (C=O) groups excluding carboxylic acids is 5. The van der Waals surface area contributed by atoms with Crippen molar-refractivity contribution in [1.82, 2.24) is 5.32 Å². The maximum atomic E-state index is 13.4. The Hall–Kier alpha value is -5.55. The second-order valence-corrected chi connectivity index (χ2v) is 11.3. The molecule has 0 saturated carbocycles. The van der Waals surface area contributed by atoms with Gasteiger partial charge >= 0.3 is 0 Å². The summed E-state index contributed by atoms with van der Waals surface area (Å²) in [5.74, 6) is -2.42. The fourth-order valence-electron chi connectivity index (χ4n) is 4.51. The number of hydrogen-bond acceptors (Lipinski definition) is 6. The molecule has 3 N–H and O–H groups in total. The summed E-state index contributed by atoms with van der Waals surface area (Å²) in [5.41, 5.74) is 2.23. The number of nitrogens with zero attached hydrogens (tertiary/aromatic N) is 1. The number of hydrogen-bond donors (Lipinski definition) is 3. The predicted octanol–water partition coefficient (Wildman–Crippen LogP) is 5.62. The zero-order chi connectivity index (χ0) is 31.9. The standard InChI is InChI=1S/C34H27FN4O5S/c1-21(40)36-25-11-15-27(16-12-25)39-31(41)20-30(34(39)44)45-28-17-13-26(14-18-28)37-33(43)29(19-22-7-9-24(35)10-8-22)38-32(42)23-5-3-2-4-6-23/h2-19,30H,20H2,1H3,(H,36,40)(H,37,43)(H,38,42)/b29-19-. The van der Waals surface area contributed by atoms with Crippen molar-refractivity contribution in [2.45, 2.75) is 23.5 Å². The van der Waals surface area contributed by atoms with Crippen molar-refractivity contribution in [3.8, 4) is 0 Å². The molecule has 9 nitrogen and oxygen atoms in total. The number of benzene rings is 4. The molecule has 45 heavy (non-hydrogen) atoms. The van der Waals surface area contributed by atoms with Crippen LogP contribution in [0.25, 0.3) is 6.08 Å². The van der Waals surface area contributed by atoms with Crippen LogP contribution in [0.4, 0.5) is 21.5 Å². The third-order valence-corrected chi connectivity index (χ3v) is 7.85. The van der Waals surface area contributed by atoms with E-state index in [1.165, 1.54) is 49.0 Å². The first-order chi connectivity index (χ1) is 21.7. The SMILES string of the molecule is CC(=O)Nc1ccc(N2C(=O)CC(Sc3ccc(NC(=O)/C(=C/c4ccc(F)cc4)NC(=O)c4ccccc4)cc3)C2=O)cc1. The van der Waals surface area contributed by atoms with Crippen molar-refractivity contribution in [2.75, 3.05) is 15.5 Å². The summed E-state index contributed by atoms with van der Waals surface area (Å²) in [6.45, 7) is 1.39. The van der Waals surface area contributed by atoms with Gasteiger partial charge in [-0.25, -0.2) is 9.29 Å². The normalized spacial score (nSPS) is 14.7. The Balaban J connectivity index is 1.25. The van der Waals surface area contributed by atoms with E-state index in [0.717, 1.165) is 4.90 Å². The van der Waals surface area contributed by atoms with Crippen LogP contribution in [0.3, 0.4) is 0 Å². The smallest absolute Gasteiger partial charge is 0.272 e. The van der Waals surface area contributed by atoms with E-state index >= 15 is 0 Å². The lowest BCUT2D eigenvalue weighted by Gasteiger charge is -2.15. The molecular formula is C34H27FN4O5S. The molecule has 0 aliphatic carbocycles. The average Bonchev–Trinajstić information content (AvgIpc) is 3.31. The summed E-state index contributed by atoms with van der Waals surface area (Å²) in [7, 11) is 0. The third kappa shape index (κ3) is 7.89. The van der Waals surface area contributed by atoms with Crippen LogP contribution in [0.15, 0.2) is 114 Å². The molecule has 4 aromatic rings. The van der Waals surface area contributed by atoms with E-state index in [4.69, 9.17) is 0 Å². The highest BCUT2D eigenvalue weighted by Gasteiger charge is 2.40. The summed E-state index contributed by atoms with van der Waals surface area (Å²) in [6.07, 6.45) is 1.47. The molecule has 5 amide bonds. The lowest BCUT2D eigenvalue weighted by Crippen LogP contribution is -2.31. The van der Waals surface area contributed by atoms with E-state index in [1.54, 1.807) is 78.9 Å². The topological polar surface area (TPSA) is 125 Å². The maximum absolute atomic E-state index is 13.4. The molecule has 0 bridgehead atoms. The minimum atomic E-state index is -0.633. The van der Waals surface area contributed by atoms with Crippen LogP contribution in [-0.2, 0) is 19.2 Å². The van der Waals surface area contributed by atoms with Gasteiger partial charge in [0.05, 0.1) is 10.9 Å². The zero-order valence-electron chi connectivity index (χ0n) is 24.0. The van der Waals surface area contributed by atoms with Gasteiger partial charge < -0.3 is 16.0 Å². The average molecular weight is 623 g/mol. The Labute approximate surface area is 262 Å². The first-order valence-corrected chi connectivity index (χ1v) is 14.7. The largest absolute Gasteiger partial charge is 0.326 e. The first-order valence-electron chi connectivity index (χ1n) is 13.8. The molecule has 0 radical (unpaired) electrons. The molecule has 1 unspecified atom stereocenters. The van der Waals surface area contributed by atoms with Gasteiger partial charge in [0.1, 0.15) is 11.5 Å². The number of nitrogens with one attached hydrogen (secondary N) is 3. The Morgan fingerprint density at radius 2 is 1.44 bits per heavy atom. The van der Waals surface area contributed by atoms with Gasteiger partial charge in [-0.1, -0.05) is 30.3 Å². The molecule has 1 atom stereocenters. The van der Waals surface area contributed by atoms with Crippen molar-refractivity contribution < 1.29 is 28.4 Å². The third-order valence-electron chi connectivity index (χ3n) is 6.65. The van der Waals surface area contributed by atoms with Gasteiger partial charge in [-0.2, -0.15) is 0 Å².